The van der Waals surface area contributed by atoms with Crippen molar-refractivity contribution in [1.29, 1.82) is 0 Å². The molecule has 0 aromatic carbocycles. The van der Waals surface area contributed by atoms with Crippen LogP contribution < -0.4 is 0 Å². The van der Waals surface area contributed by atoms with Crippen LogP contribution in [0.15, 0.2) is 0 Å². The summed E-state index contributed by atoms with van der Waals surface area (Å²) in [6.45, 7) is 6.78. The van der Waals surface area contributed by atoms with Crippen LogP contribution in [-0.4, -0.2) is 7.35 Å². The summed E-state index contributed by atoms with van der Waals surface area (Å²) in [5, 5.41) is 0. The molecule has 0 nitrogen and oxygen atoms in total. The molecule has 0 radical (unpaired) electrons. The molecule has 0 rings (SSSR count). The first-order valence-corrected chi connectivity index (χ1v) is 5.14. The first kappa shape index (κ1) is 9.46. The van der Waals surface area contributed by atoms with Crippen molar-refractivity contribution in [1.82, 2.24) is 0 Å². The largest absolute Gasteiger partial charge is 0.0812 e. The van der Waals surface area contributed by atoms with Crippen LogP contribution in [0.1, 0.15) is 27.2 Å². The zero-order chi connectivity index (χ0) is 6.78. The number of hydrogen-bond donors (Lipinski definition) is 0. The van der Waals surface area contributed by atoms with E-state index in [9.17, 15) is 0 Å². The third kappa shape index (κ3) is 3.48. The molecule has 0 spiro atoms. The molecule has 0 saturated carbocycles. The molecule has 0 fully saturated rings. The Labute approximate surface area is 79.1 Å². The Morgan fingerprint density at radius 2 is 1.88 bits per heavy atom. The molecule has 0 saturated heterocycles. The lowest BCUT2D eigenvalue weighted by Crippen LogP contribution is -2.22. The minimum absolute atomic E-state index is 0.465. The SMILES string of the molecule is CCC(I)C(C)(C)I. The van der Waals surface area contributed by atoms with Crippen molar-refractivity contribution in [2.75, 3.05) is 0 Å². The lowest BCUT2D eigenvalue weighted by atomic mass is 10.1. The van der Waals surface area contributed by atoms with Gasteiger partial charge in [-0.1, -0.05) is 52.1 Å². The van der Waals surface area contributed by atoms with E-state index in [2.05, 4.69) is 66.0 Å². The highest BCUT2D eigenvalue weighted by Gasteiger charge is 2.20. The molecule has 0 aliphatic heterocycles. The maximum Gasteiger partial charge on any atom is 0.0283 e. The molecule has 0 heterocycles. The van der Waals surface area contributed by atoms with E-state index in [1.165, 1.54) is 6.42 Å². The number of rotatable bonds is 2. The third-order valence-electron chi connectivity index (χ3n) is 1.10. The second-order valence-corrected chi connectivity index (χ2v) is 6.72. The Morgan fingerprint density at radius 3 is 1.88 bits per heavy atom. The van der Waals surface area contributed by atoms with Crippen LogP contribution in [0.25, 0.3) is 0 Å². The predicted octanol–water partition coefficient (Wildman–Crippen LogP) is 3.41. The molecule has 1 atom stereocenters. The van der Waals surface area contributed by atoms with Gasteiger partial charge in [0.25, 0.3) is 0 Å². The molecule has 0 N–H and O–H groups in total. The lowest BCUT2D eigenvalue weighted by molar-refractivity contribution is 0.695. The summed E-state index contributed by atoms with van der Waals surface area (Å²) in [6.07, 6.45) is 1.27. The first-order chi connectivity index (χ1) is 3.48. The highest BCUT2D eigenvalue weighted by Crippen LogP contribution is 2.29. The average Bonchev–Trinajstić information content (AvgIpc) is 1.62. The van der Waals surface area contributed by atoms with Gasteiger partial charge in [0.1, 0.15) is 0 Å². The molecule has 8 heavy (non-hydrogen) atoms. The highest BCUT2D eigenvalue weighted by molar-refractivity contribution is 14.1. The smallest absolute Gasteiger partial charge is 0.0283 e. The van der Waals surface area contributed by atoms with Crippen molar-refractivity contribution in [3.63, 3.8) is 0 Å². The van der Waals surface area contributed by atoms with Gasteiger partial charge in [0, 0.05) is 7.35 Å². The molecule has 0 aliphatic carbocycles. The van der Waals surface area contributed by atoms with Crippen LogP contribution in [0.2, 0.25) is 0 Å². The maximum absolute atomic E-state index is 2.50. The van der Waals surface area contributed by atoms with E-state index in [0.29, 0.717) is 3.42 Å². The van der Waals surface area contributed by atoms with Gasteiger partial charge < -0.3 is 0 Å². The Hall–Kier alpha value is 1.46. The fourth-order valence-corrected chi connectivity index (χ4v) is 0.926. The van der Waals surface area contributed by atoms with E-state index in [1.54, 1.807) is 0 Å². The molecule has 1 unspecified atom stereocenters. The molecule has 0 amide bonds. The van der Waals surface area contributed by atoms with Gasteiger partial charge in [0.05, 0.1) is 0 Å². The van der Waals surface area contributed by atoms with E-state index in [4.69, 9.17) is 0 Å². The lowest BCUT2D eigenvalue weighted by Gasteiger charge is -2.21. The van der Waals surface area contributed by atoms with Gasteiger partial charge in [-0.2, -0.15) is 0 Å². The van der Waals surface area contributed by atoms with Crippen molar-refractivity contribution < 1.29 is 0 Å². The second kappa shape index (κ2) is 3.58. The van der Waals surface area contributed by atoms with Crippen LogP contribution in [0.4, 0.5) is 0 Å². The highest BCUT2D eigenvalue weighted by atomic mass is 127. The Bertz CT molecular complexity index is 63.4. The fraction of sp³-hybridized carbons (Fsp3) is 1.00. The molecule has 0 aliphatic rings. The summed E-state index contributed by atoms with van der Waals surface area (Å²) in [7, 11) is 0. The number of alkyl halides is 2. The molecule has 2 heteroatoms. The van der Waals surface area contributed by atoms with Gasteiger partial charge >= 0.3 is 0 Å². The topological polar surface area (TPSA) is 0 Å². The third-order valence-corrected chi connectivity index (χ3v) is 5.48. The Kier molecular flexibility index (Phi) is 4.24. The van der Waals surface area contributed by atoms with Gasteiger partial charge in [-0.3, -0.25) is 0 Å². The quantitative estimate of drug-likeness (QED) is 0.535. The van der Waals surface area contributed by atoms with Crippen LogP contribution in [0, 0.1) is 0 Å². The second-order valence-electron chi connectivity index (χ2n) is 2.44. The van der Waals surface area contributed by atoms with E-state index in [1.807, 2.05) is 0 Å². The minimum Gasteiger partial charge on any atom is -0.0812 e. The summed E-state index contributed by atoms with van der Waals surface area (Å²) in [4.78, 5) is 0. The summed E-state index contributed by atoms with van der Waals surface area (Å²) < 4.78 is 1.27. The monoisotopic (exact) mass is 338 g/mol. The van der Waals surface area contributed by atoms with E-state index >= 15 is 0 Å². The standard InChI is InChI=1S/C6H12I2/c1-4-5(7)6(2,3)8/h5H,4H2,1-3H3. The van der Waals surface area contributed by atoms with Crippen molar-refractivity contribution in [2.45, 2.75) is 34.5 Å². The summed E-state index contributed by atoms with van der Waals surface area (Å²) in [6, 6.07) is 0. The first-order valence-electron chi connectivity index (χ1n) is 2.81. The maximum atomic E-state index is 2.50. The molecule has 0 aromatic heterocycles. The molecule has 50 valence electrons. The molecular weight excluding hydrogens is 326 g/mol. The number of halogens is 2. The summed E-state index contributed by atoms with van der Waals surface area (Å²) in [5.74, 6) is 0. The van der Waals surface area contributed by atoms with Crippen LogP contribution in [-0.2, 0) is 0 Å². The minimum atomic E-state index is 0.465. The number of hydrogen-bond acceptors (Lipinski definition) is 0. The van der Waals surface area contributed by atoms with Crippen molar-refractivity contribution in [2.24, 2.45) is 0 Å². The van der Waals surface area contributed by atoms with Gasteiger partial charge in [-0.15, -0.1) is 0 Å². The average molecular weight is 338 g/mol. The van der Waals surface area contributed by atoms with Crippen LogP contribution in [0.5, 0.6) is 0 Å². The van der Waals surface area contributed by atoms with Gasteiger partial charge in [-0.25, -0.2) is 0 Å². The zero-order valence-corrected chi connectivity index (χ0v) is 9.86. The van der Waals surface area contributed by atoms with Crippen LogP contribution in [0.3, 0.4) is 0 Å². The van der Waals surface area contributed by atoms with Gasteiger partial charge in [-0.05, 0) is 20.3 Å². The summed E-state index contributed by atoms with van der Waals surface area (Å²) >= 11 is 5.00. The Morgan fingerprint density at radius 1 is 1.50 bits per heavy atom. The van der Waals surface area contributed by atoms with E-state index in [0.717, 1.165) is 3.92 Å². The molecular formula is C6H12I2. The zero-order valence-electron chi connectivity index (χ0n) is 5.54. The predicted molar refractivity (Wildman–Crippen MR) is 56.2 cm³/mol. The van der Waals surface area contributed by atoms with Gasteiger partial charge in [0.2, 0.25) is 0 Å². The Balaban J connectivity index is 3.62. The molecule has 0 bridgehead atoms. The summed E-state index contributed by atoms with van der Waals surface area (Å²) in [5.41, 5.74) is 0. The van der Waals surface area contributed by atoms with Gasteiger partial charge in [0.15, 0.2) is 0 Å². The molecule has 0 aromatic rings. The fourth-order valence-electron chi connectivity index (χ4n) is 0.485. The van der Waals surface area contributed by atoms with Crippen molar-refractivity contribution in [3.8, 4) is 0 Å². The van der Waals surface area contributed by atoms with Crippen LogP contribution >= 0.6 is 45.2 Å². The normalized spacial score (nSPS) is 16.1. The van der Waals surface area contributed by atoms with E-state index < -0.39 is 0 Å². The van der Waals surface area contributed by atoms with Crippen molar-refractivity contribution >= 4 is 45.2 Å². The van der Waals surface area contributed by atoms with E-state index in [-0.39, 0.29) is 0 Å². The van der Waals surface area contributed by atoms with Crippen molar-refractivity contribution in [3.05, 3.63) is 0 Å².